The van der Waals surface area contributed by atoms with Crippen LogP contribution < -0.4 is 15.0 Å². The molecule has 2 heterocycles. The Bertz CT molecular complexity index is 1250. The Balaban J connectivity index is 1.69. The first kappa shape index (κ1) is 21.1. The minimum absolute atomic E-state index is 0.128. The maximum atomic E-state index is 13.8. The van der Waals surface area contributed by atoms with E-state index in [2.05, 4.69) is 5.32 Å². The van der Waals surface area contributed by atoms with E-state index in [1.807, 2.05) is 60.7 Å². The van der Waals surface area contributed by atoms with Gasteiger partial charge in [0.15, 0.2) is 0 Å². The SMILES string of the molecule is COc1ccc(N2C(=O)C3=C(C(c4ccc(Cl)cc4)=NCCN3)[C@@H]2c2ccc(O)cc2)cc1. The van der Waals surface area contributed by atoms with Gasteiger partial charge in [0.05, 0.1) is 25.4 Å². The zero-order valence-electron chi connectivity index (χ0n) is 18.0. The van der Waals surface area contributed by atoms with E-state index in [0.717, 1.165) is 28.1 Å². The number of nitrogens with one attached hydrogen (secondary N) is 1. The third-order valence-corrected chi connectivity index (χ3v) is 6.10. The molecule has 0 unspecified atom stereocenters. The molecular weight excluding hydrogens is 438 g/mol. The Morgan fingerprint density at radius 3 is 2.39 bits per heavy atom. The van der Waals surface area contributed by atoms with Crippen LogP contribution in [0.3, 0.4) is 0 Å². The molecule has 3 aromatic carbocycles. The van der Waals surface area contributed by atoms with Gasteiger partial charge in [-0.15, -0.1) is 0 Å². The largest absolute Gasteiger partial charge is 0.508 e. The number of nitrogens with zero attached hydrogens (tertiary/aromatic N) is 2. The lowest BCUT2D eigenvalue weighted by atomic mass is 9.91. The molecule has 0 radical (unpaired) electrons. The molecule has 0 saturated carbocycles. The van der Waals surface area contributed by atoms with E-state index in [9.17, 15) is 9.90 Å². The highest BCUT2D eigenvalue weighted by molar-refractivity contribution is 6.31. The zero-order valence-corrected chi connectivity index (χ0v) is 18.7. The number of hydrogen-bond acceptors (Lipinski definition) is 5. The second-order valence-electron chi connectivity index (χ2n) is 7.82. The fraction of sp³-hybridized carbons (Fsp3) is 0.154. The number of benzene rings is 3. The highest BCUT2D eigenvalue weighted by Gasteiger charge is 2.44. The molecule has 3 aromatic rings. The van der Waals surface area contributed by atoms with Gasteiger partial charge in [-0.2, -0.15) is 0 Å². The zero-order chi connectivity index (χ0) is 22.9. The number of aliphatic imine (C=N–C) groups is 1. The lowest BCUT2D eigenvalue weighted by Crippen LogP contribution is -2.33. The third-order valence-electron chi connectivity index (χ3n) is 5.85. The van der Waals surface area contributed by atoms with Crippen molar-refractivity contribution in [1.82, 2.24) is 5.32 Å². The highest BCUT2D eigenvalue weighted by atomic mass is 35.5. The third kappa shape index (κ3) is 3.83. The molecular formula is C26H22ClN3O3. The molecule has 0 spiro atoms. The van der Waals surface area contributed by atoms with Crippen molar-refractivity contribution in [2.24, 2.45) is 4.99 Å². The molecule has 0 aromatic heterocycles. The predicted octanol–water partition coefficient (Wildman–Crippen LogP) is 4.49. The van der Waals surface area contributed by atoms with E-state index in [4.69, 9.17) is 21.3 Å². The molecule has 5 rings (SSSR count). The number of methoxy groups -OCH3 is 1. The number of ether oxygens (including phenoxy) is 1. The van der Waals surface area contributed by atoms with Crippen molar-refractivity contribution >= 4 is 28.9 Å². The summed E-state index contributed by atoms with van der Waals surface area (Å²) < 4.78 is 5.30. The summed E-state index contributed by atoms with van der Waals surface area (Å²) in [5, 5.41) is 13.8. The number of phenolic OH excluding ortho intramolecular Hbond substituents is 1. The van der Waals surface area contributed by atoms with E-state index in [0.29, 0.717) is 29.6 Å². The second-order valence-corrected chi connectivity index (χ2v) is 8.26. The van der Waals surface area contributed by atoms with E-state index in [-0.39, 0.29) is 11.7 Å². The first-order valence-electron chi connectivity index (χ1n) is 10.6. The summed E-state index contributed by atoms with van der Waals surface area (Å²) in [6, 6.07) is 21.4. The van der Waals surface area contributed by atoms with Crippen molar-refractivity contribution in [2.45, 2.75) is 6.04 Å². The molecule has 2 N–H and O–H groups in total. The fourth-order valence-corrected chi connectivity index (χ4v) is 4.43. The summed E-state index contributed by atoms with van der Waals surface area (Å²) in [6.07, 6.45) is 0. The van der Waals surface area contributed by atoms with Gasteiger partial charge in [-0.1, -0.05) is 35.9 Å². The van der Waals surface area contributed by atoms with Crippen molar-refractivity contribution in [3.05, 3.63) is 100 Å². The van der Waals surface area contributed by atoms with Gasteiger partial charge < -0.3 is 15.2 Å². The van der Waals surface area contributed by atoms with Crippen molar-refractivity contribution < 1.29 is 14.6 Å². The van der Waals surface area contributed by atoms with Crippen LogP contribution in [-0.4, -0.2) is 36.9 Å². The Hall–Kier alpha value is -3.77. The van der Waals surface area contributed by atoms with Crippen LogP contribution >= 0.6 is 11.6 Å². The summed E-state index contributed by atoms with van der Waals surface area (Å²) in [7, 11) is 1.61. The van der Waals surface area contributed by atoms with Gasteiger partial charge in [0.2, 0.25) is 0 Å². The van der Waals surface area contributed by atoms with Crippen LogP contribution in [0.1, 0.15) is 17.2 Å². The standard InChI is InChI=1S/C26H22ClN3O3/c1-33-21-12-8-19(9-13-21)30-25(17-4-10-20(31)11-5-17)22-23(16-2-6-18(27)7-3-16)28-14-15-29-24(22)26(30)32/h2-13,25,29,31H,14-15H2,1H3/t25-/m0/s1. The Labute approximate surface area is 196 Å². The summed E-state index contributed by atoms with van der Waals surface area (Å²) in [4.78, 5) is 20.4. The van der Waals surface area contributed by atoms with Crippen LogP contribution in [0.25, 0.3) is 0 Å². The van der Waals surface area contributed by atoms with Crippen molar-refractivity contribution in [3.8, 4) is 11.5 Å². The molecule has 2 aliphatic heterocycles. The maximum absolute atomic E-state index is 13.8. The Morgan fingerprint density at radius 2 is 1.73 bits per heavy atom. The average Bonchev–Trinajstić information content (AvgIpc) is 2.97. The molecule has 0 saturated heterocycles. The molecule has 0 fully saturated rings. The lowest BCUT2D eigenvalue weighted by molar-refractivity contribution is -0.115. The van der Waals surface area contributed by atoms with Crippen molar-refractivity contribution in [1.29, 1.82) is 0 Å². The van der Waals surface area contributed by atoms with Crippen LogP contribution in [0.5, 0.6) is 11.5 Å². The first-order chi connectivity index (χ1) is 16.1. The summed E-state index contributed by atoms with van der Waals surface area (Å²) >= 11 is 6.12. The normalized spacial score (nSPS) is 17.9. The Kier molecular flexibility index (Phi) is 5.52. The number of halogens is 1. The van der Waals surface area contributed by atoms with Crippen molar-refractivity contribution in [3.63, 3.8) is 0 Å². The molecule has 1 atom stereocenters. The highest BCUT2D eigenvalue weighted by Crippen LogP contribution is 2.43. The van der Waals surface area contributed by atoms with Crippen LogP contribution in [-0.2, 0) is 4.79 Å². The number of anilines is 1. The van der Waals surface area contributed by atoms with Crippen LogP contribution in [0.2, 0.25) is 5.02 Å². The van der Waals surface area contributed by atoms with Gasteiger partial charge in [0.1, 0.15) is 17.2 Å². The molecule has 0 aliphatic carbocycles. The van der Waals surface area contributed by atoms with E-state index in [1.54, 1.807) is 24.1 Å². The number of phenols is 1. The average molecular weight is 460 g/mol. The number of carbonyl (C=O) groups excluding carboxylic acids is 1. The van der Waals surface area contributed by atoms with Gasteiger partial charge >= 0.3 is 0 Å². The smallest absolute Gasteiger partial charge is 0.275 e. The van der Waals surface area contributed by atoms with Gasteiger partial charge in [-0.25, -0.2) is 0 Å². The minimum Gasteiger partial charge on any atom is -0.508 e. The molecule has 0 bridgehead atoms. The molecule has 166 valence electrons. The lowest BCUT2D eigenvalue weighted by Gasteiger charge is -2.28. The molecule has 7 heteroatoms. The quantitative estimate of drug-likeness (QED) is 0.603. The van der Waals surface area contributed by atoms with E-state index >= 15 is 0 Å². The van der Waals surface area contributed by atoms with Crippen LogP contribution in [0, 0.1) is 0 Å². The van der Waals surface area contributed by atoms with Gasteiger partial charge in [0, 0.05) is 28.4 Å². The Morgan fingerprint density at radius 1 is 1.03 bits per heavy atom. The number of aromatic hydroxyl groups is 1. The number of hydrogen-bond donors (Lipinski definition) is 2. The molecule has 33 heavy (non-hydrogen) atoms. The molecule has 6 nitrogen and oxygen atoms in total. The predicted molar refractivity (Wildman–Crippen MR) is 129 cm³/mol. The topological polar surface area (TPSA) is 74.2 Å². The number of amides is 1. The monoisotopic (exact) mass is 459 g/mol. The van der Waals surface area contributed by atoms with Gasteiger partial charge in [-0.05, 0) is 54.1 Å². The number of carbonyl (C=O) groups is 1. The number of rotatable bonds is 4. The first-order valence-corrected chi connectivity index (χ1v) is 11.0. The maximum Gasteiger partial charge on any atom is 0.275 e. The van der Waals surface area contributed by atoms with Crippen LogP contribution in [0.4, 0.5) is 5.69 Å². The van der Waals surface area contributed by atoms with Crippen LogP contribution in [0.15, 0.2) is 89.1 Å². The second kappa shape index (κ2) is 8.64. The van der Waals surface area contributed by atoms with Gasteiger partial charge in [-0.3, -0.25) is 14.7 Å². The molecule has 1 amide bonds. The summed E-state index contributed by atoms with van der Waals surface area (Å²) in [5.74, 6) is 0.748. The fourth-order valence-electron chi connectivity index (χ4n) is 4.31. The van der Waals surface area contributed by atoms with E-state index in [1.165, 1.54) is 0 Å². The van der Waals surface area contributed by atoms with Crippen molar-refractivity contribution in [2.75, 3.05) is 25.1 Å². The summed E-state index contributed by atoms with van der Waals surface area (Å²) in [6.45, 7) is 1.10. The van der Waals surface area contributed by atoms with E-state index < -0.39 is 6.04 Å². The minimum atomic E-state index is -0.429. The summed E-state index contributed by atoms with van der Waals surface area (Å²) in [5.41, 5.74) is 4.60. The van der Waals surface area contributed by atoms with Gasteiger partial charge in [0.25, 0.3) is 5.91 Å². The molecule has 2 aliphatic rings.